The van der Waals surface area contributed by atoms with E-state index in [0.29, 0.717) is 11.4 Å². The van der Waals surface area contributed by atoms with Crippen molar-refractivity contribution < 1.29 is 15.0 Å². The van der Waals surface area contributed by atoms with Crippen molar-refractivity contribution in [2.24, 2.45) is 0 Å². The van der Waals surface area contributed by atoms with Crippen LogP contribution >= 0.6 is 11.6 Å². The molecule has 0 aromatic heterocycles. The zero-order chi connectivity index (χ0) is 10.1. The minimum atomic E-state index is -0.879. The number of carboxylic acids is 1. The number of benzene rings is 1. The molecule has 3 nitrogen and oxygen atoms in total. The quantitative estimate of drug-likeness (QED) is 0.717. The number of aliphatic hydroxyl groups excluding tert-OH is 1. The number of halogens is 1. The maximum Gasteiger partial charge on any atom is 0.335 e. The van der Waals surface area contributed by atoms with Crippen molar-refractivity contribution in [3.05, 3.63) is 35.9 Å². The third-order valence-electron chi connectivity index (χ3n) is 1.11. The smallest absolute Gasteiger partial charge is 0.335 e. The number of carbonyl (C=O) groups is 1. The van der Waals surface area contributed by atoms with E-state index >= 15 is 0 Å². The number of alkyl halides is 1. The SMILES string of the molecule is O=C(O)c1ccccc1.OCCCl. The molecule has 0 saturated carbocycles. The topological polar surface area (TPSA) is 57.5 Å². The molecule has 0 spiro atoms. The first-order valence-corrected chi connectivity index (χ1v) is 4.21. The molecule has 0 aliphatic rings. The monoisotopic (exact) mass is 202 g/mol. The van der Waals surface area contributed by atoms with Gasteiger partial charge in [-0.1, -0.05) is 18.2 Å². The van der Waals surface area contributed by atoms with Crippen LogP contribution in [0.1, 0.15) is 10.4 Å². The number of aromatic carboxylic acids is 1. The lowest BCUT2D eigenvalue weighted by atomic mass is 10.2. The first-order valence-electron chi connectivity index (χ1n) is 3.67. The second-order valence-corrected chi connectivity index (χ2v) is 2.46. The fourth-order valence-corrected chi connectivity index (χ4v) is 0.581. The van der Waals surface area contributed by atoms with Crippen LogP contribution < -0.4 is 0 Å². The number of aliphatic hydroxyl groups is 1. The van der Waals surface area contributed by atoms with Crippen LogP contribution in [0.15, 0.2) is 30.3 Å². The van der Waals surface area contributed by atoms with Crippen LogP contribution in [0.25, 0.3) is 0 Å². The highest BCUT2D eigenvalue weighted by atomic mass is 35.5. The van der Waals surface area contributed by atoms with Crippen LogP contribution in [-0.4, -0.2) is 28.7 Å². The summed E-state index contributed by atoms with van der Waals surface area (Å²) < 4.78 is 0. The molecule has 13 heavy (non-hydrogen) atoms. The first kappa shape index (κ1) is 11.9. The predicted octanol–water partition coefficient (Wildman–Crippen LogP) is 1.60. The lowest BCUT2D eigenvalue weighted by molar-refractivity contribution is 0.0697. The highest BCUT2D eigenvalue weighted by Crippen LogP contribution is 1.96. The van der Waals surface area contributed by atoms with Crippen LogP contribution in [0.2, 0.25) is 0 Å². The minimum absolute atomic E-state index is 0.0849. The zero-order valence-corrected chi connectivity index (χ0v) is 7.74. The summed E-state index contributed by atoms with van der Waals surface area (Å²) in [6.45, 7) is 0.0849. The van der Waals surface area contributed by atoms with Gasteiger partial charge in [0, 0.05) is 5.88 Å². The Morgan fingerprint density at radius 3 is 2.00 bits per heavy atom. The van der Waals surface area contributed by atoms with Crippen molar-refractivity contribution in [2.75, 3.05) is 12.5 Å². The Hall–Kier alpha value is -1.06. The number of carboxylic acid groups (broad SMARTS) is 1. The summed E-state index contributed by atoms with van der Waals surface area (Å²) in [4.78, 5) is 10.2. The lowest BCUT2D eigenvalue weighted by Gasteiger charge is -1.88. The van der Waals surface area contributed by atoms with Crippen LogP contribution in [0.3, 0.4) is 0 Å². The Balaban J connectivity index is 0.000000310. The second kappa shape index (κ2) is 7.58. The van der Waals surface area contributed by atoms with Crippen molar-refractivity contribution in [1.29, 1.82) is 0 Å². The molecule has 0 heterocycles. The Morgan fingerprint density at radius 1 is 1.31 bits per heavy atom. The molecular weight excluding hydrogens is 192 g/mol. The van der Waals surface area contributed by atoms with Gasteiger partial charge in [0.05, 0.1) is 12.2 Å². The van der Waals surface area contributed by atoms with Crippen molar-refractivity contribution >= 4 is 17.6 Å². The summed E-state index contributed by atoms with van der Waals surface area (Å²) >= 11 is 4.94. The molecule has 1 aromatic carbocycles. The molecule has 1 aromatic rings. The summed E-state index contributed by atoms with van der Waals surface area (Å²) in [5, 5.41) is 16.1. The Kier molecular flexibility index (Phi) is 6.96. The van der Waals surface area contributed by atoms with Gasteiger partial charge in [0.15, 0.2) is 0 Å². The standard InChI is InChI=1S/C7H6O2.C2H5ClO/c8-7(9)6-4-2-1-3-5-6;3-1-2-4/h1-5H,(H,8,9);4H,1-2H2. The molecule has 72 valence electrons. The van der Waals surface area contributed by atoms with Crippen molar-refractivity contribution in [3.63, 3.8) is 0 Å². The maximum atomic E-state index is 10.2. The number of rotatable bonds is 2. The first-order chi connectivity index (χ1) is 6.22. The zero-order valence-electron chi connectivity index (χ0n) is 6.98. The average Bonchev–Trinajstić information content (AvgIpc) is 2.19. The van der Waals surface area contributed by atoms with E-state index in [2.05, 4.69) is 0 Å². The van der Waals surface area contributed by atoms with Crippen LogP contribution in [-0.2, 0) is 0 Å². The Morgan fingerprint density at radius 2 is 1.77 bits per heavy atom. The summed E-state index contributed by atoms with van der Waals surface area (Å²) in [7, 11) is 0. The van der Waals surface area contributed by atoms with Crippen molar-refractivity contribution in [3.8, 4) is 0 Å². The van der Waals surface area contributed by atoms with Gasteiger partial charge in [0.25, 0.3) is 0 Å². The fraction of sp³-hybridized carbons (Fsp3) is 0.222. The number of hydrogen-bond donors (Lipinski definition) is 2. The fourth-order valence-electron chi connectivity index (χ4n) is 0.581. The van der Waals surface area contributed by atoms with E-state index in [1.165, 1.54) is 0 Å². The Labute approximate surface area is 81.6 Å². The number of hydrogen-bond acceptors (Lipinski definition) is 2. The van der Waals surface area contributed by atoms with Gasteiger partial charge in [-0.3, -0.25) is 0 Å². The summed E-state index contributed by atoms with van der Waals surface area (Å²) in [5.74, 6) is -0.532. The molecule has 0 unspecified atom stereocenters. The summed E-state index contributed by atoms with van der Waals surface area (Å²) in [6, 6.07) is 8.30. The third kappa shape index (κ3) is 6.13. The molecule has 0 fully saturated rings. The van der Waals surface area contributed by atoms with Crippen LogP contribution in [0, 0.1) is 0 Å². The molecule has 0 aliphatic carbocycles. The summed E-state index contributed by atoms with van der Waals surface area (Å²) in [5.41, 5.74) is 0.331. The van der Waals surface area contributed by atoms with E-state index < -0.39 is 5.97 Å². The summed E-state index contributed by atoms with van der Waals surface area (Å²) in [6.07, 6.45) is 0. The van der Waals surface area contributed by atoms with Gasteiger partial charge in [-0.15, -0.1) is 11.6 Å². The van der Waals surface area contributed by atoms with Gasteiger partial charge >= 0.3 is 5.97 Å². The molecule has 0 radical (unpaired) electrons. The van der Waals surface area contributed by atoms with E-state index in [9.17, 15) is 4.79 Å². The van der Waals surface area contributed by atoms with E-state index in [1.807, 2.05) is 0 Å². The van der Waals surface area contributed by atoms with Gasteiger partial charge in [-0.05, 0) is 12.1 Å². The lowest BCUT2D eigenvalue weighted by Crippen LogP contribution is -1.93. The highest BCUT2D eigenvalue weighted by molar-refractivity contribution is 6.17. The molecular formula is C9H11ClO3. The molecule has 0 aliphatic heterocycles. The highest BCUT2D eigenvalue weighted by Gasteiger charge is 1.96. The van der Waals surface area contributed by atoms with Gasteiger partial charge in [0.1, 0.15) is 0 Å². The Bertz CT molecular complexity index is 234. The third-order valence-corrected chi connectivity index (χ3v) is 1.27. The maximum absolute atomic E-state index is 10.2. The van der Waals surface area contributed by atoms with Crippen LogP contribution in [0.4, 0.5) is 0 Å². The van der Waals surface area contributed by atoms with E-state index in [0.717, 1.165) is 0 Å². The molecule has 0 saturated heterocycles. The molecule has 0 bridgehead atoms. The predicted molar refractivity (Wildman–Crippen MR) is 51.2 cm³/mol. The van der Waals surface area contributed by atoms with Crippen molar-refractivity contribution in [2.45, 2.75) is 0 Å². The molecule has 4 heteroatoms. The van der Waals surface area contributed by atoms with E-state index in [-0.39, 0.29) is 6.61 Å². The molecule has 0 atom stereocenters. The largest absolute Gasteiger partial charge is 0.478 e. The van der Waals surface area contributed by atoms with E-state index in [4.69, 9.17) is 21.8 Å². The minimum Gasteiger partial charge on any atom is -0.478 e. The molecule has 1 rings (SSSR count). The van der Waals surface area contributed by atoms with Crippen LogP contribution in [0.5, 0.6) is 0 Å². The van der Waals surface area contributed by atoms with Gasteiger partial charge in [-0.25, -0.2) is 4.79 Å². The van der Waals surface area contributed by atoms with E-state index in [1.54, 1.807) is 30.3 Å². The second-order valence-electron chi connectivity index (χ2n) is 2.08. The van der Waals surface area contributed by atoms with Gasteiger partial charge < -0.3 is 10.2 Å². The molecule has 2 N–H and O–H groups in total. The molecule has 0 amide bonds. The van der Waals surface area contributed by atoms with Gasteiger partial charge in [0.2, 0.25) is 0 Å². The van der Waals surface area contributed by atoms with Gasteiger partial charge in [-0.2, -0.15) is 0 Å². The average molecular weight is 203 g/mol. The normalized spacial score (nSPS) is 8.46. The van der Waals surface area contributed by atoms with Crippen molar-refractivity contribution in [1.82, 2.24) is 0 Å².